The van der Waals surface area contributed by atoms with Crippen LogP contribution in [0.2, 0.25) is 0 Å². The normalized spacial score (nSPS) is 19.3. The lowest BCUT2D eigenvalue weighted by Crippen LogP contribution is -2.35. The average Bonchev–Trinajstić information content (AvgIpc) is 2.27. The number of fused-ring (bicyclic) bond motifs is 1. The van der Waals surface area contributed by atoms with E-state index < -0.39 is 11.9 Å². The quantitative estimate of drug-likeness (QED) is 0.872. The van der Waals surface area contributed by atoms with Crippen LogP contribution in [-0.2, 0) is 11.3 Å². The first kappa shape index (κ1) is 12.9. The van der Waals surface area contributed by atoms with Gasteiger partial charge in [0.25, 0.3) is 0 Å². The molecule has 17 heavy (non-hydrogen) atoms. The number of ether oxygens (including phenoxy) is 2. The van der Waals surface area contributed by atoms with Gasteiger partial charge in [0.05, 0.1) is 12.7 Å². The first-order valence-electron chi connectivity index (χ1n) is 5.72. The van der Waals surface area contributed by atoms with Crippen molar-refractivity contribution in [1.29, 1.82) is 0 Å². The molecule has 1 aromatic rings. The molecule has 1 atom stereocenters. The Hall–Kier alpha value is -0.580. The lowest BCUT2D eigenvalue weighted by Gasteiger charge is -2.32. The molecule has 4 heteroatoms. The molecule has 2 rings (SSSR count). The average molecular weight is 301 g/mol. The van der Waals surface area contributed by atoms with Crippen LogP contribution in [0.4, 0.5) is 0 Å². The van der Waals surface area contributed by atoms with E-state index in [1.165, 1.54) is 0 Å². The Kier molecular flexibility index (Phi) is 3.76. The fraction of sp³-hybridized carbons (Fsp3) is 0.538. The van der Waals surface area contributed by atoms with Crippen LogP contribution in [0.3, 0.4) is 0 Å². The molecule has 1 aromatic carbocycles. The minimum Gasteiger partial charge on any atom is -0.463 e. The lowest BCUT2D eigenvalue weighted by atomic mass is 10.0. The highest BCUT2D eigenvalue weighted by Crippen LogP contribution is 2.33. The molecule has 0 spiro atoms. The Balaban J connectivity index is 2.21. The molecule has 0 aromatic heterocycles. The summed E-state index contributed by atoms with van der Waals surface area (Å²) >= 11 is 3.33. The molecule has 0 saturated heterocycles. The van der Waals surface area contributed by atoms with Gasteiger partial charge >= 0.3 is 0 Å². The SMILES string of the molecule is CC1(C)OCc2cc(C(O)CCBr)ccc2O1. The van der Waals surface area contributed by atoms with Gasteiger partial charge in [-0.1, -0.05) is 22.0 Å². The summed E-state index contributed by atoms with van der Waals surface area (Å²) in [5.41, 5.74) is 1.91. The second-order valence-electron chi connectivity index (χ2n) is 4.65. The summed E-state index contributed by atoms with van der Waals surface area (Å²) in [4.78, 5) is 0. The summed E-state index contributed by atoms with van der Waals surface area (Å²) in [6.07, 6.45) is 0.265. The van der Waals surface area contributed by atoms with Crippen LogP contribution in [-0.4, -0.2) is 16.2 Å². The Morgan fingerprint density at radius 1 is 1.47 bits per heavy atom. The van der Waals surface area contributed by atoms with Crippen molar-refractivity contribution in [3.8, 4) is 5.75 Å². The van der Waals surface area contributed by atoms with Gasteiger partial charge in [0.15, 0.2) is 0 Å². The van der Waals surface area contributed by atoms with E-state index in [1.54, 1.807) is 0 Å². The number of aliphatic hydroxyl groups is 1. The fourth-order valence-electron chi connectivity index (χ4n) is 1.83. The van der Waals surface area contributed by atoms with Gasteiger partial charge in [-0.3, -0.25) is 0 Å². The third-order valence-corrected chi connectivity index (χ3v) is 3.24. The zero-order chi connectivity index (χ0) is 12.5. The number of rotatable bonds is 3. The highest BCUT2D eigenvalue weighted by Gasteiger charge is 2.27. The van der Waals surface area contributed by atoms with Crippen LogP contribution >= 0.6 is 15.9 Å². The van der Waals surface area contributed by atoms with Crippen LogP contribution in [0.1, 0.15) is 37.5 Å². The molecule has 0 radical (unpaired) electrons. The number of hydrogen-bond donors (Lipinski definition) is 1. The predicted octanol–water partition coefficient (Wildman–Crippen LogP) is 3.15. The van der Waals surface area contributed by atoms with E-state index in [4.69, 9.17) is 9.47 Å². The van der Waals surface area contributed by atoms with Gasteiger partial charge in [0.1, 0.15) is 5.75 Å². The molecule has 0 saturated carbocycles. The van der Waals surface area contributed by atoms with Crippen molar-refractivity contribution >= 4 is 15.9 Å². The Morgan fingerprint density at radius 2 is 2.24 bits per heavy atom. The molecule has 1 heterocycles. The summed E-state index contributed by atoms with van der Waals surface area (Å²) < 4.78 is 11.3. The summed E-state index contributed by atoms with van der Waals surface area (Å²) in [6.45, 7) is 4.31. The molecule has 0 fully saturated rings. The van der Waals surface area contributed by atoms with Crippen LogP contribution in [0, 0.1) is 0 Å². The zero-order valence-electron chi connectivity index (χ0n) is 10.1. The molecule has 0 aliphatic carbocycles. The molecule has 3 nitrogen and oxygen atoms in total. The Morgan fingerprint density at radius 3 is 2.94 bits per heavy atom. The molecule has 94 valence electrons. The van der Waals surface area contributed by atoms with Gasteiger partial charge in [-0.15, -0.1) is 0 Å². The summed E-state index contributed by atoms with van der Waals surface area (Å²) in [5.74, 6) is 0.277. The van der Waals surface area contributed by atoms with E-state index in [9.17, 15) is 5.11 Å². The molecular weight excluding hydrogens is 284 g/mol. The van der Waals surface area contributed by atoms with E-state index in [-0.39, 0.29) is 0 Å². The van der Waals surface area contributed by atoms with Crippen LogP contribution in [0.25, 0.3) is 0 Å². The van der Waals surface area contributed by atoms with Crippen molar-refractivity contribution in [3.63, 3.8) is 0 Å². The predicted molar refractivity (Wildman–Crippen MR) is 69.3 cm³/mol. The van der Waals surface area contributed by atoms with Gasteiger partial charge in [-0.05, 0) is 24.1 Å². The Labute approximate surface area is 110 Å². The van der Waals surface area contributed by atoms with Gasteiger partial charge < -0.3 is 14.6 Å². The van der Waals surface area contributed by atoms with Crippen molar-refractivity contribution in [2.75, 3.05) is 5.33 Å². The summed E-state index contributed by atoms with van der Waals surface area (Å²) in [5, 5.41) is 10.7. The first-order chi connectivity index (χ1) is 8.02. The molecule has 0 bridgehead atoms. The molecule has 1 aliphatic rings. The first-order valence-corrected chi connectivity index (χ1v) is 6.84. The highest BCUT2D eigenvalue weighted by molar-refractivity contribution is 9.09. The fourth-order valence-corrected chi connectivity index (χ4v) is 2.27. The largest absolute Gasteiger partial charge is 0.463 e. The van der Waals surface area contributed by atoms with E-state index in [2.05, 4.69) is 15.9 Å². The summed E-state index contributed by atoms with van der Waals surface area (Å²) in [6, 6.07) is 5.78. The molecule has 0 amide bonds. The van der Waals surface area contributed by atoms with E-state index in [0.717, 1.165) is 22.2 Å². The van der Waals surface area contributed by atoms with Crippen molar-refractivity contribution in [3.05, 3.63) is 29.3 Å². The monoisotopic (exact) mass is 300 g/mol. The molecular formula is C13H17BrO3. The molecule has 1 N–H and O–H groups in total. The van der Waals surface area contributed by atoms with Crippen molar-refractivity contribution in [1.82, 2.24) is 0 Å². The van der Waals surface area contributed by atoms with Crippen LogP contribution in [0.15, 0.2) is 18.2 Å². The maximum Gasteiger partial charge on any atom is 0.205 e. The number of halogens is 1. The maximum absolute atomic E-state index is 9.91. The van der Waals surface area contributed by atoms with Crippen molar-refractivity contribution in [2.45, 2.75) is 38.8 Å². The van der Waals surface area contributed by atoms with E-state index >= 15 is 0 Å². The Bertz CT molecular complexity index is 404. The number of alkyl halides is 1. The van der Waals surface area contributed by atoms with E-state index in [1.807, 2.05) is 32.0 Å². The minimum atomic E-state index is -0.566. The van der Waals surface area contributed by atoms with Gasteiger partial charge in [-0.2, -0.15) is 0 Å². The van der Waals surface area contributed by atoms with Gasteiger partial charge in [0.2, 0.25) is 5.79 Å². The smallest absolute Gasteiger partial charge is 0.205 e. The number of benzene rings is 1. The second-order valence-corrected chi connectivity index (χ2v) is 5.44. The third kappa shape index (κ3) is 3.00. The minimum absolute atomic E-state index is 0.436. The van der Waals surface area contributed by atoms with Crippen LogP contribution in [0.5, 0.6) is 5.75 Å². The maximum atomic E-state index is 9.91. The van der Waals surface area contributed by atoms with Gasteiger partial charge in [0, 0.05) is 24.7 Å². The third-order valence-electron chi connectivity index (χ3n) is 2.78. The number of aliphatic hydroxyl groups excluding tert-OH is 1. The highest BCUT2D eigenvalue weighted by atomic mass is 79.9. The van der Waals surface area contributed by atoms with Gasteiger partial charge in [-0.25, -0.2) is 0 Å². The molecule has 1 unspecified atom stereocenters. The lowest BCUT2D eigenvalue weighted by molar-refractivity contribution is -0.180. The number of hydrogen-bond acceptors (Lipinski definition) is 3. The summed E-state index contributed by atoms with van der Waals surface area (Å²) in [7, 11) is 0. The van der Waals surface area contributed by atoms with E-state index in [0.29, 0.717) is 13.0 Å². The van der Waals surface area contributed by atoms with Crippen molar-refractivity contribution < 1.29 is 14.6 Å². The van der Waals surface area contributed by atoms with Crippen LogP contribution < -0.4 is 4.74 Å². The zero-order valence-corrected chi connectivity index (χ0v) is 11.7. The van der Waals surface area contributed by atoms with Crippen molar-refractivity contribution in [2.24, 2.45) is 0 Å². The topological polar surface area (TPSA) is 38.7 Å². The standard InChI is InChI=1S/C13H17BrO3/c1-13(2)16-8-10-7-9(11(15)5-6-14)3-4-12(10)17-13/h3-4,7,11,15H,5-6,8H2,1-2H3. The molecule has 1 aliphatic heterocycles. The second kappa shape index (κ2) is 4.96.